The van der Waals surface area contributed by atoms with E-state index < -0.39 is 33.1 Å². The lowest BCUT2D eigenvalue weighted by Gasteiger charge is -2.22. The summed E-state index contributed by atoms with van der Waals surface area (Å²) in [6.07, 6.45) is -1.41. The molecule has 0 fully saturated rings. The van der Waals surface area contributed by atoms with Crippen molar-refractivity contribution in [2.45, 2.75) is 39.2 Å². The number of nitro benzene ring substituents is 1. The lowest BCUT2D eigenvalue weighted by molar-refractivity contribution is -0.384. The van der Waals surface area contributed by atoms with Crippen LogP contribution in [0.2, 0.25) is 0 Å². The molecule has 0 aliphatic rings. The molecule has 236 valence electrons. The van der Waals surface area contributed by atoms with E-state index in [1.165, 1.54) is 24.3 Å². The Kier molecular flexibility index (Phi) is 12.0. The number of nitro groups is 1. The molecule has 0 aliphatic carbocycles. The van der Waals surface area contributed by atoms with Gasteiger partial charge in [-0.15, -0.1) is 0 Å². The summed E-state index contributed by atoms with van der Waals surface area (Å²) in [6, 6.07) is 18.0. The summed E-state index contributed by atoms with van der Waals surface area (Å²) in [5.74, 6) is -0.882. The van der Waals surface area contributed by atoms with Gasteiger partial charge in [0.25, 0.3) is 11.6 Å². The standard InChI is InChI=1S/C31H37N3O9S/c1-21(2)18-26-19-25(10-13-28(26)30(37)32-44(42,43)17-3-16-35)23-6-4-22(5-7-23)14-15-33(31(38)39)20-29(36)24-8-11-27(12-9-24)34(40)41/h4-13,19,21,29,35-36H,3,14-18,20H2,1-2H3,(H,32,37)(H,38,39)/t29-/m0/s1. The van der Waals surface area contributed by atoms with Gasteiger partial charge < -0.3 is 20.2 Å². The molecule has 44 heavy (non-hydrogen) atoms. The monoisotopic (exact) mass is 627 g/mol. The van der Waals surface area contributed by atoms with E-state index in [1.54, 1.807) is 12.1 Å². The van der Waals surface area contributed by atoms with E-state index in [0.29, 0.717) is 24.0 Å². The average molecular weight is 628 g/mol. The van der Waals surface area contributed by atoms with Gasteiger partial charge in [-0.1, -0.05) is 50.2 Å². The van der Waals surface area contributed by atoms with Crippen LogP contribution in [0.3, 0.4) is 0 Å². The Labute approximate surface area is 256 Å². The molecular formula is C31H37N3O9S. The molecular weight excluding hydrogens is 590 g/mol. The molecule has 1 atom stereocenters. The van der Waals surface area contributed by atoms with Gasteiger partial charge >= 0.3 is 6.09 Å². The molecule has 4 N–H and O–H groups in total. The first kappa shape index (κ1) is 34.2. The number of nitrogens with zero attached hydrogens (tertiary/aromatic N) is 2. The highest BCUT2D eigenvalue weighted by atomic mass is 32.2. The second-order valence-electron chi connectivity index (χ2n) is 10.8. The van der Waals surface area contributed by atoms with Crippen LogP contribution in [0.25, 0.3) is 11.1 Å². The van der Waals surface area contributed by atoms with Gasteiger partial charge in [-0.05, 0) is 71.2 Å². The second kappa shape index (κ2) is 15.4. The van der Waals surface area contributed by atoms with E-state index >= 15 is 0 Å². The summed E-state index contributed by atoms with van der Waals surface area (Å²) in [6.45, 7) is 3.60. The Morgan fingerprint density at radius 3 is 2.20 bits per heavy atom. The van der Waals surface area contributed by atoms with Crippen LogP contribution in [0.1, 0.15) is 53.4 Å². The van der Waals surface area contributed by atoms with Gasteiger partial charge in [-0.2, -0.15) is 0 Å². The molecule has 0 spiro atoms. The summed E-state index contributed by atoms with van der Waals surface area (Å²) in [5, 5.41) is 39.9. The maximum absolute atomic E-state index is 12.8. The Morgan fingerprint density at radius 2 is 1.64 bits per heavy atom. The van der Waals surface area contributed by atoms with Crippen molar-refractivity contribution in [1.82, 2.24) is 9.62 Å². The average Bonchev–Trinajstić information content (AvgIpc) is 2.97. The first-order chi connectivity index (χ1) is 20.8. The van der Waals surface area contributed by atoms with Crippen LogP contribution in [0.5, 0.6) is 0 Å². The first-order valence-corrected chi connectivity index (χ1v) is 15.7. The summed E-state index contributed by atoms with van der Waals surface area (Å²) >= 11 is 0. The number of carbonyl (C=O) groups excluding carboxylic acids is 1. The molecule has 12 nitrogen and oxygen atoms in total. The van der Waals surface area contributed by atoms with Crippen molar-refractivity contribution < 1.29 is 38.2 Å². The Balaban J connectivity index is 1.70. The molecule has 3 aromatic carbocycles. The molecule has 0 saturated carbocycles. The molecule has 0 heterocycles. The fourth-order valence-electron chi connectivity index (χ4n) is 4.63. The molecule has 0 saturated heterocycles. The third-order valence-corrected chi connectivity index (χ3v) is 8.23. The van der Waals surface area contributed by atoms with Crippen molar-refractivity contribution in [1.29, 1.82) is 0 Å². The van der Waals surface area contributed by atoms with Gasteiger partial charge in [0.1, 0.15) is 0 Å². The molecule has 2 amide bonds. The Hall–Kier alpha value is -4.33. The van der Waals surface area contributed by atoms with Crippen molar-refractivity contribution in [2.75, 3.05) is 25.4 Å². The van der Waals surface area contributed by atoms with E-state index in [0.717, 1.165) is 21.6 Å². The molecule has 0 radical (unpaired) electrons. The fourth-order valence-corrected chi connectivity index (χ4v) is 5.63. The van der Waals surface area contributed by atoms with Crippen molar-refractivity contribution in [3.05, 3.63) is 99.1 Å². The third kappa shape index (κ3) is 9.86. The van der Waals surface area contributed by atoms with Crippen LogP contribution in [-0.2, 0) is 22.9 Å². The quantitative estimate of drug-likeness (QED) is 0.142. The summed E-state index contributed by atoms with van der Waals surface area (Å²) < 4.78 is 26.5. The van der Waals surface area contributed by atoms with Crippen LogP contribution < -0.4 is 4.72 Å². The molecule has 0 unspecified atom stereocenters. The van der Waals surface area contributed by atoms with E-state index in [1.807, 2.05) is 44.2 Å². The van der Waals surface area contributed by atoms with Gasteiger partial charge in [0.2, 0.25) is 10.0 Å². The Bertz CT molecular complexity index is 1560. The molecule has 3 rings (SSSR count). The van der Waals surface area contributed by atoms with Gasteiger partial charge in [-0.3, -0.25) is 14.9 Å². The number of rotatable bonds is 15. The lowest BCUT2D eigenvalue weighted by Crippen LogP contribution is -2.35. The number of non-ortho nitro benzene ring substituents is 1. The topological polar surface area (TPSA) is 187 Å². The number of carboxylic acid groups (broad SMARTS) is 1. The second-order valence-corrected chi connectivity index (χ2v) is 12.7. The lowest BCUT2D eigenvalue weighted by atomic mass is 9.93. The normalized spacial score (nSPS) is 12.1. The number of amides is 2. The molecule has 13 heteroatoms. The number of nitrogens with one attached hydrogen (secondary N) is 1. The van der Waals surface area contributed by atoms with Crippen LogP contribution in [0.4, 0.5) is 10.5 Å². The van der Waals surface area contributed by atoms with Gasteiger partial charge in [0, 0.05) is 30.8 Å². The number of sulfonamides is 1. The van der Waals surface area contributed by atoms with Crippen molar-refractivity contribution in [3.8, 4) is 11.1 Å². The molecule has 3 aromatic rings. The zero-order chi connectivity index (χ0) is 32.4. The maximum Gasteiger partial charge on any atom is 0.407 e. The smallest absolute Gasteiger partial charge is 0.407 e. The van der Waals surface area contributed by atoms with Gasteiger partial charge in [0.15, 0.2) is 0 Å². The first-order valence-electron chi connectivity index (χ1n) is 14.1. The predicted octanol–water partition coefficient (Wildman–Crippen LogP) is 4.16. The zero-order valence-corrected chi connectivity index (χ0v) is 25.4. The van der Waals surface area contributed by atoms with E-state index in [9.17, 15) is 38.3 Å². The minimum atomic E-state index is -3.88. The van der Waals surface area contributed by atoms with Crippen LogP contribution in [0, 0.1) is 16.0 Å². The summed E-state index contributed by atoms with van der Waals surface area (Å²) in [4.78, 5) is 36.1. The Morgan fingerprint density at radius 1 is 1.00 bits per heavy atom. The highest BCUT2D eigenvalue weighted by Crippen LogP contribution is 2.26. The number of benzene rings is 3. The summed E-state index contributed by atoms with van der Waals surface area (Å²) in [7, 11) is -3.88. The van der Waals surface area contributed by atoms with Crippen LogP contribution in [-0.4, -0.2) is 71.0 Å². The fraction of sp³-hybridized carbons (Fsp3) is 0.355. The minimum Gasteiger partial charge on any atom is -0.465 e. The largest absolute Gasteiger partial charge is 0.465 e. The van der Waals surface area contributed by atoms with Gasteiger partial charge in [-0.25, -0.2) is 17.9 Å². The van der Waals surface area contributed by atoms with Crippen LogP contribution in [0.15, 0.2) is 66.7 Å². The van der Waals surface area contributed by atoms with Gasteiger partial charge in [0.05, 0.1) is 23.3 Å². The van der Waals surface area contributed by atoms with Crippen molar-refractivity contribution in [2.24, 2.45) is 5.92 Å². The van der Waals surface area contributed by atoms with E-state index in [4.69, 9.17) is 5.11 Å². The van der Waals surface area contributed by atoms with E-state index in [-0.39, 0.29) is 49.0 Å². The number of aliphatic hydroxyl groups is 2. The highest BCUT2D eigenvalue weighted by molar-refractivity contribution is 7.90. The zero-order valence-electron chi connectivity index (χ0n) is 24.5. The summed E-state index contributed by atoms with van der Waals surface area (Å²) in [5.41, 5.74) is 3.73. The highest BCUT2D eigenvalue weighted by Gasteiger charge is 2.21. The number of hydrogen-bond donors (Lipinski definition) is 4. The predicted molar refractivity (Wildman–Crippen MR) is 165 cm³/mol. The number of carbonyl (C=O) groups is 2. The van der Waals surface area contributed by atoms with Crippen molar-refractivity contribution >= 4 is 27.7 Å². The number of aliphatic hydroxyl groups excluding tert-OH is 2. The molecule has 0 aromatic heterocycles. The number of hydrogen-bond acceptors (Lipinski definition) is 8. The third-order valence-electron chi connectivity index (χ3n) is 6.91. The molecule has 0 bridgehead atoms. The maximum atomic E-state index is 12.8. The molecule has 0 aliphatic heterocycles. The SMILES string of the molecule is CC(C)Cc1cc(-c2ccc(CCN(C[C@H](O)c3ccc([N+](=O)[O-])cc3)C(=O)O)cc2)ccc1C(=O)NS(=O)(=O)CCCO. The van der Waals surface area contributed by atoms with E-state index in [2.05, 4.69) is 4.72 Å². The minimum absolute atomic E-state index is 0.0227. The van der Waals surface area contributed by atoms with Crippen LogP contribution >= 0.6 is 0 Å². The van der Waals surface area contributed by atoms with Crippen molar-refractivity contribution in [3.63, 3.8) is 0 Å².